The highest BCUT2D eigenvalue weighted by molar-refractivity contribution is 5.83. The Morgan fingerprint density at radius 3 is 2.55 bits per heavy atom. The van der Waals surface area contributed by atoms with Gasteiger partial charge in [0.15, 0.2) is 0 Å². The van der Waals surface area contributed by atoms with E-state index in [9.17, 15) is 9.18 Å². The zero-order chi connectivity index (χ0) is 23.3. The summed E-state index contributed by atoms with van der Waals surface area (Å²) in [7, 11) is 0. The molecule has 172 valence electrons. The Bertz CT molecular complexity index is 1110. The van der Waals surface area contributed by atoms with E-state index in [2.05, 4.69) is 27.3 Å². The number of pyridine rings is 1. The largest absolute Gasteiger partial charge is 0.356 e. The summed E-state index contributed by atoms with van der Waals surface area (Å²) in [6.45, 7) is 7.07. The third-order valence-electron chi connectivity index (χ3n) is 6.65. The van der Waals surface area contributed by atoms with Crippen LogP contribution < -0.4 is 5.32 Å². The van der Waals surface area contributed by atoms with Crippen LogP contribution in [0, 0.1) is 18.2 Å². The first kappa shape index (κ1) is 23.1. The van der Waals surface area contributed by atoms with Crippen molar-refractivity contribution in [2.45, 2.75) is 39.7 Å². The first-order chi connectivity index (χ1) is 16.0. The molecule has 1 aromatic heterocycles. The van der Waals surface area contributed by atoms with E-state index in [1.54, 1.807) is 12.1 Å². The monoisotopic (exact) mass is 445 g/mol. The molecule has 33 heavy (non-hydrogen) atoms. The molecule has 0 radical (unpaired) electrons. The highest BCUT2D eigenvalue weighted by atomic mass is 19.1. The van der Waals surface area contributed by atoms with Crippen LogP contribution in [0.3, 0.4) is 0 Å². The molecule has 1 aliphatic heterocycles. The zero-order valence-corrected chi connectivity index (χ0v) is 19.5. The predicted molar refractivity (Wildman–Crippen MR) is 130 cm³/mol. The minimum absolute atomic E-state index is 0.118. The van der Waals surface area contributed by atoms with E-state index in [1.165, 1.54) is 6.07 Å². The van der Waals surface area contributed by atoms with E-state index >= 15 is 0 Å². The lowest BCUT2D eigenvalue weighted by Crippen LogP contribution is -2.50. The molecule has 2 heterocycles. The van der Waals surface area contributed by atoms with Gasteiger partial charge in [-0.2, -0.15) is 0 Å². The number of amides is 1. The number of nitrogens with one attached hydrogen (secondary N) is 1. The minimum Gasteiger partial charge on any atom is -0.356 e. The molecule has 3 aromatic rings. The molecule has 1 aliphatic rings. The van der Waals surface area contributed by atoms with Crippen LogP contribution in [0.25, 0.3) is 11.1 Å². The lowest BCUT2D eigenvalue weighted by Gasteiger charge is -2.41. The van der Waals surface area contributed by atoms with Crippen LogP contribution in [0.15, 0.2) is 66.7 Å². The highest BCUT2D eigenvalue weighted by Crippen LogP contribution is 2.38. The SMILES string of the molecule is CCNC(=O)C1(Cc2ccccc2-c2cccc(F)c2)CCN(Cc2cccc(C)n2)CC1. The number of aryl methyl sites for hydroxylation is 1. The maximum Gasteiger partial charge on any atom is 0.226 e. The minimum atomic E-state index is -0.476. The normalized spacial score (nSPS) is 15.8. The molecule has 1 N–H and O–H groups in total. The number of benzene rings is 2. The molecule has 0 saturated carbocycles. The van der Waals surface area contributed by atoms with Gasteiger partial charge in [-0.05, 0) is 87.2 Å². The van der Waals surface area contributed by atoms with Crippen LogP contribution in [-0.2, 0) is 17.8 Å². The molecule has 1 amide bonds. The van der Waals surface area contributed by atoms with Crippen molar-refractivity contribution >= 4 is 5.91 Å². The van der Waals surface area contributed by atoms with Crippen LogP contribution in [0.2, 0.25) is 0 Å². The van der Waals surface area contributed by atoms with Gasteiger partial charge in [0, 0.05) is 18.8 Å². The molecule has 5 heteroatoms. The topological polar surface area (TPSA) is 45.2 Å². The summed E-state index contributed by atoms with van der Waals surface area (Å²) in [4.78, 5) is 20.4. The van der Waals surface area contributed by atoms with E-state index in [-0.39, 0.29) is 11.7 Å². The molecule has 4 rings (SSSR count). The Morgan fingerprint density at radius 1 is 1.06 bits per heavy atom. The van der Waals surface area contributed by atoms with E-state index in [4.69, 9.17) is 0 Å². The number of likely N-dealkylation sites (tertiary alicyclic amines) is 1. The van der Waals surface area contributed by atoms with Crippen molar-refractivity contribution in [1.82, 2.24) is 15.2 Å². The molecule has 2 aromatic carbocycles. The van der Waals surface area contributed by atoms with Crippen molar-refractivity contribution in [2.24, 2.45) is 5.41 Å². The first-order valence-electron chi connectivity index (χ1n) is 11.8. The van der Waals surface area contributed by atoms with Gasteiger partial charge in [0.2, 0.25) is 5.91 Å². The van der Waals surface area contributed by atoms with Gasteiger partial charge in [-0.25, -0.2) is 4.39 Å². The smallest absolute Gasteiger partial charge is 0.226 e. The molecular weight excluding hydrogens is 413 g/mol. The third-order valence-corrected chi connectivity index (χ3v) is 6.65. The zero-order valence-electron chi connectivity index (χ0n) is 19.5. The first-order valence-corrected chi connectivity index (χ1v) is 11.8. The van der Waals surface area contributed by atoms with Crippen LogP contribution in [-0.4, -0.2) is 35.4 Å². The summed E-state index contributed by atoms with van der Waals surface area (Å²) in [5, 5.41) is 3.09. The van der Waals surface area contributed by atoms with Crippen molar-refractivity contribution in [1.29, 1.82) is 0 Å². The fraction of sp³-hybridized carbons (Fsp3) is 0.357. The molecule has 0 aliphatic carbocycles. The fourth-order valence-electron chi connectivity index (χ4n) is 4.86. The van der Waals surface area contributed by atoms with E-state index in [0.717, 1.165) is 60.6 Å². The number of rotatable bonds is 7. The number of hydrogen-bond acceptors (Lipinski definition) is 3. The second-order valence-corrected chi connectivity index (χ2v) is 9.03. The summed E-state index contributed by atoms with van der Waals surface area (Å²) in [6.07, 6.45) is 2.20. The average Bonchev–Trinajstić information content (AvgIpc) is 2.81. The van der Waals surface area contributed by atoms with Gasteiger partial charge in [-0.1, -0.05) is 42.5 Å². The standard InChI is InChI=1S/C28H32FN3O/c1-3-30-27(33)28(14-16-32(17-15-28)20-25-12-6-8-21(2)31-25)19-23-9-4-5-13-26(23)22-10-7-11-24(29)18-22/h4-13,18H,3,14-17,19-20H2,1-2H3,(H,30,33). The molecule has 0 spiro atoms. The molecule has 1 saturated heterocycles. The van der Waals surface area contributed by atoms with Crippen LogP contribution >= 0.6 is 0 Å². The maximum absolute atomic E-state index is 13.9. The molecule has 0 atom stereocenters. The average molecular weight is 446 g/mol. The Kier molecular flexibility index (Phi) is 7.19. The molecule has 1 fully saturated rings. The summed E-state index contributed by atoms with van der Waals surface area (Å²) in [5.74, 6) is -0.133. The Morgan fingerprint density at radius 2 is 1.82 bits per heavy atom. The quantitative estimate of drug-likeness (QED) is 0.547. The Hall–Kier alpha value is -3.05. The van der Waals surface area contributed by atoms with Crippen molar-refractivity contribution in [3.63, 3.8) is 0 Å². The van der Waals surface area contributed by atoms with Gasteiger partial charge < -0.3 is 5.32 Å². The van der Waals surface area contributed by atoms with Gasteiger partial charge >= 0.3 is 0 Å². The summed E-state index contributed by atoms with van der Waals surface area (Å²) in [5.41, 5.74) is 4.54. The van der Waals surface area contributed by atoms with Gasteiger partial charge in [0.05, 0.1) is 11.1 Å². The summed E-state index contributed by atoms with van der Waals surface area (Å²) in [6, 6.07) is 20.9. The summed E-state index contributed by atoms with van der Waals surface area (Å²) < 4.78 is 13.9. The van der Waals surface area contributed by atoms with Crippen molar-refractivity contribution in [2.75, 3.05) is 19.6 Å². The van der Waals surface area contributed by atoms with E-state index in [1.807, 2.05) is 50.2 Å². The lowest BCUT2D eigenvalue weighted by molar-refractivity contribution is -0.134. The molecular formula is C28H32FN3O. The highest BCUT2D eigenvalue weighted by Gasteiger charge is 2.41. The summed E-state index contributed by atoms with van der Waals surface area (Å²) >= 11 is 0. The van der Waals surface area contributed by atoms with Crippen molar-refractivity contribution in [3.8, 4) is 11.1 Å². The van der Waals surface area contributed by atoms with Gasteiger partial charge in [0.1, 0.15) is 5.82 Å². The lowest BCUT2D eigenvalue weighted by atomic mass is 9.72. The number of carbonyl (C=O) groups is 1. The van der Waals surface area contributed by atoms with E-state index < -0.39 is 5.41 Å². The molecule has 0 unspecified atom stereocenters. The third kappa shape index (κ3) is 5.48. The maximum atomic E-state index is 13.9. The number of piperidine rings is 1. The Labute approximate surface area is 195 Å². The van der Waals surface area contributed by atoms with Crippen LogP contribution in [0.1, 0.15) is 36.7 Å². The van der Waals surface area contributed by atoms with Gasteiger partial charge in [-0.3, -0.25) is 14.7 Å². The van der Waals surface area contributed by atoms with Gasteiger partial charge in [0.25, 0.3) is 0 Å². The van der Waals surface area contributed by atoms with Crippen molar-refractivity contribution < 1.29 is 9.18 Å². The van der Waals surface area contributed by atoms with E-state index in [0.29, 0.717) is 13.0 Å². The van der Waals surface area contributed by atoms with Crippen molar-refractivity contribution in [3.05, 3.63) is 89.5 Å². The number of nitrogens with zero attached hydrogens (tertiary/aromatic N) is 2. The Balaban J connectivity index is 1.56. The number of carbonyl (C=O) groups excluding carboxylic acids is 1. The number of hydrogen-bond donors (Lipinski definition) is 1. The number of halogens is 1. The second-order valence-electron chi connectivity index (χ2n) is 9.03. The fourth-order valence-corrected chi connectivity index (χ4v) is 4.86. The number of aromatic nitrogens is 1. The predicted octanol–water partition coefficient (Wildman–Crippen LogP) is 5.16. The van der Waals surface area contributed by atoms with Crippen LogP contribution in [0.4, 0.5) is 4.39 Å². The van der Waals surface area contributed by atoms with Gasteiger partial charge in [-0.15, -0.1) is 0 Å². The molecule has 4 nitrogen and oxygen atoms in total. The second kappa shape index (κ2) is 10.3. The van der Waals surface area contributed by atoms with Crippen LogP contribution in [0.5, 0.6) is 0 Å². The molecule has 0 bridgehead atoms.